The minimum atomic E-state index is -0.389. The molecule has 0 fully saturated rings. The van der Waals surface area contributed by atoms with Crippen LogP contribution in [0.25, 0.3) is 0 Å². The fourth-order valence-corrected chi connectivity index (χ4v) is 0.958. The molecule has 1 rings (SSSR count). The number of Topliss-reactive ketones (excluding diaryl/α,β-unsaturated/α-hetero) is 1. The molecule has 62 valence electrons. The molecule has 1 unspecified atom stereocenters. The maximum Gasteiger partial charge on any atom is 0.213 e. The summed E-state index contributed by atoms with van der Waals surface area (Å²) >= 11 is 0. The van der Waals surface area contributed by atoms with E-state index < -0.39 is 0 Å². The molecule has 0 amide bonds. The van der Waals surface area contributed by atoms with Gasteiger partial charge in [-0.25, -0.2) is 0 Å². The molecule has 0 bridgehead atoms. The molecular weight excluding hydrogens is 142 g/mol. The highest BCUT2D eigenvalue weighted by Crippen LogP contribution is 2.11. The lowest BCUT2D eigenvalue weighted by molar-refractivity contribution is -0.119. The second kappa shape index (κ2) is 3.53. The maximum absolute atomic E-state index is 11.3. The molecule has 0 aromatic rings. The summed E-state index contributed by atoms with van der Waals surface area (Å²) in [5, 5.41) is 0. The molecule has 0 aliphatic carbocycles. The molecule has 11 heavy (non-hydrogen) atoms. The van der Waals surface area contributed by atoms with Crippen LogP contribution in [-0.4, -0.2) is 18.4 Å². The predicted octanol–water partition coefficient (Wildman–Crippen LogP) is 0.597. The number of hydrogen-bond donors (Lipinski definition) is 1. The molecule has 1 aliphatic heterocycles. The van der Waals surface area contributed by atoms with Crippen LogP contribution in [0.15, 0.2) is 11.8 Å². The van der Waals surface area contributed by atoms with Gasteiger partial charge in [-0.15, -0.1) is 0 Å². The van der Waals surface area contributed by atoms with Crippen molar-refractivity contribution in [1.29, 1.82) is 0 Å². The van der Waals surface area contributed by atoms with E-state index >= 15 is 0 Å². The SMILES string of the molecule is CCC(N)C(=O)C1=CCCO1. The van der Waals surface area contributed by atoms with Crippen molar-refractivity contribution in [2.24, 2.45) is 5.73 Å². The zero-order valence-corrected chi connectivity index (χ0v) is 6.67. The summed E-state index contributed by atoms with van der Waals surface area (Å²) in [4.78, 5) is 11.3. The summed E-state index contributed by atoms with van der Waals surface area (Å²) in [7, 11) is 0. The summed E-state index contributed by atoms with van der Waals surface area (Å²) < 4.78 is 5.07. The number of ether oxygens (including phenoxy) is 1. The van der Waals surface area contributed by atoms with Crippen molar-refractivity contribution >= 4 is 5.78 Å². The normalized spacial score (nSPS) is 18.9. The van der Waals surface area contributed by atoms with Gasteiger partial charge in [0.1, 0.15) is 0 Å². The van der Waals surface area contributed by atoms with E-state index in [2.05, 4.69) is 0 Å². The first-order chi connectivity index (χ1) is 5.25. The zero-order chi connectivity index (χ0) is 8.27. The second-order valence-corrected chi connectivity index (χ2v) is 2.58. The lowest BCUT2D eigenvalue weighted by Crippen LogP contribution is -2.30. The van der Waals surface area contributed by atoms with Crippen molar-refractivity contribution in [1.82, 2.24) is 0 Å². The van der Waals surface area contributed by atoms with E-state index in [4.69, 9.17) is 10.5 Å². The Labute approximate surface area is 66.2 Å². The third kappa shape index (κ3) is 1.80. The van der Waals surface area contributed by atoms with E-state index in [-0.39, 0.29) is 11.8 Å². The first kappa shape index (κ1) is 8.27. The van der Waals surface area contributed by atoms with Crippen molar-refractivity contribution in [3.05, 3.63) is 11.8 Å². The monoisotopic (exact) mass is 155 g/mol. The summed E-state index contributed by atoms with van der Waals surface area (Å²) in [6, 6.07) is -0.389. The van der Waals surface area contributed by atoms with Gasteiger partial charge in [-0.1, -0.05) is 6.92 Å². The molecule has 2 N–H and O–H groups in total. The van der Waals surface area contributed by atoms with Crippen LogP contribution in [-0.2, 0) is 9.53 Å². The Morgan fingerprint density at radius 2 is 2.64 bits per heavy atom. The van der Waals surface area contributed by atoms with Gasteiger partial charge in [0.2, 0.25) is 5.78 Å². The number of ketones is 1. The highest BCUT2D eigenvalue weighted by atomic mass is 16.5. The first-order valence-corrected chi connectivity index (χ1v) is 3.88. The molecule has 3 heteroatoms. The molecule has 1 heterocycles. The fourth-order valence-electron chi connectivity index (χ4n) is 0.958. The van der Waals surface area contributed by atoms with Gasteiger partial charge in [0.25, 0.3) is 0 Å². The fraction of sp³-hybridized carbons (Fsp3) is 0.625. The Hall–Kier alpha value is -0.830. The van der Waals surface area contributed by atoms with Gasteiger partial charge in [-0.2, -0.15) is 0 Å². The molecule has 0 aromatic carbocycles. The Balaban J connectivity index is 2.53. The van der Waals surface area contributed by atoms with Crippen molar-refractivity contribution in [2.75, 3.05) is 6.61 Å². The van der Waals surface area contributed by atoms with Gasteiger partial charge < -0.3 is 10.5 Å². The number of hydrogen-bond acceptors (Lipinski definition) is 3. The molecule has 0 saturated carbocycles. The lowest BCUT2D eigenvalue weighted by Gasteiger charge is -2.07. The number of carbonyl (C=O) groups is 1. The number of carbonyl (C=O) groups excluding carboxylic acids is 1. The summed E-state index contributed by atoms with van der Waals surface area (Å²) in [6.45, 7) is 2.51. The average molecular weight is 155 g/mol. The number of rotatable bonds is 3. The van der Waals surface area contributed by atoms with Crippen molar-refractivity contribution in [2.45, 2.75) is 25.8 Å². The number of nitrogens with two attached hydrogens (primary N) is 1. The molecule has 0 spiro atoms. The van der Waals surface area contributed by atoms with Crippen LogP contribution < -0.4 is 5.73 Å². The van der Waals surface area contributed by atoms with E-state index in [9.17, 15) is 4.79 Å². The Kier molecular flexibility index (Phi) is 2.65. The average Bonchev–Trinajstić information content (AvgIpc) is 2.53. The first-order valence-electron chi connectivity index (χ1n) is 3.88. The van der Waals surface area contributed by atoms with Gasteiger partial charge in [0.15, 0.2) is 5.76 Å². The van der Waals surface area contributed by atoms with E-state index in [0.717, 1.165) is 6.42 Å². The van der Waals surface area contributed by atoms with Gasteiger partial charge >= 0.3 is 0 Å². The summed E-state index contributed by atoms with van der Waals surface area (Å²) in [5.41, 5.74) is 5.53. The molecule has 3 nitrogen and oxygen atoms in total. The molecular formula is C8H13NO2. The third-order valence-corrected chi connectivity index (χ3v) is 1.72. The van der Waals surface area contributed by atoms with E-state index in [1.165, 1.54) is 0 Å². The molecule has 0 saturated heterocycles. The van der Waals surface area contributed by atoms with Crippen LogP contribution >= 0.6 is 0 Å². The minimum absolute atomic E-state index is 0.0648. The van der Waals surface area contributed by atoms with E-state index in [1.807, 2.05) is 6.92 Å². The largest absolute Gasteiger partial charge is 0.490 e. The van der Waals surface area contributed by atoms with Crippen LogP contribution in [0.5, 0.6) is 0 Å². The standard InChI is InChI=1S/C8H13NO2/c1-2-6(9)8(10)7-4-3-5-11-7/h4,6H,2-3,5,9H2,1H3. The van der Waals surface area contributed by atoms with Crippen molar-refractivity contribution < 1.29 is 9.53 Å². The van der Waals surface area contributed by atoms with Crippen LogP contribution in [0.1, 0.15) is 19.8 Å². The predicted molar refractivity (Wildman–Crippen MR) is 41.9 cm³/mol. The van der Waals surface area contributed by atoms with E-state index in [1.54, 1.807) is 6.08 Å². The smallest absolute Gasteiger partial charge is 0.213 e. The highest BCUT2D eigenvalue weighted by molar-refractivity contribution is 5.97. The van der Waals surface area contributed by atoms with Crippen LogP contribution in [0.3, 0.4) is 0 Å². The molecule has 0 radical (unpaired) electrons. The van der Waals surface area contributed by atoms with Crippen molar-refractivity contribution in [3.8, 4) is 0 Å². The van der Waals surface area contributed by atoms with Crippen LogP contribution in [0.4, 0.5) is 0 Å². The molecule has 1 aliphatic rings. The lowest BCUT2D eigenvalue weighted by atomic mass is 10.1. The quantitative estimate of drug-likeness (QED) is 0.649. The van der Waals surface area contributed by atoms with Gasteiger partial charge in [-0.3, -0.25) is 4.79 Å². The van der Waals surface area contributed by atoms with Gasteiger partial charge in [0.05, 0.1) is 12.6 Å². The van der Waals surface area contributed by atoms with Crippen molar-refractivity contribution in [3.63, 3.8) is 0 Å². The molecule has 1 atom stereocenters. The Bertz CT molecular complexity index is 187. The van der Waals surface area contributed by atoms with Crippen LogP contribution in [0.2, 0.25) is 0 Å². The maximum atomic E-state index is 11.3. The van der Waals surface area contributed by atoms with Crippen LogP contribution in [0, 0.1) is 0 Å². The minimum Gasteiger partial charge on any atom is -0.490 e. The summed E-state index contributed by atoms with van der Waals surface area (Å²) in [6.07, 6.45) is 3.30. The van der Waals surface area contributed by atoms with E-state index in [0.29, 0.717) is 18.8 Å². The summed E-state index contributed by atoms with van der Waals surface area (Å²) in [5.74, 6) is 0.393. The highest BCUT2D eigenvalue weighted by Gasteiger charge is 2.19. The third-order valence-electron chi connectivity index (χ3n) is 1.72. The Morgan fingerprint density at radius 3 is 3.09 bits per heavy atom. The topological polar surface area (TPSA) is 52.3 Å². The van der Waals surface area contributed by atoms with Gasteiger partial charge in [0, 0.05) is 6.42 Å². The second-order valence-electron chi connectivity index (χ2n) is 2.58. The molecule has 0 aromatic heterocycles. The zero-order valence-electron chi connectivity index (χ0n) is 6.67. The van der Waals surface area contributed by atoms with Gasteiger partial charge in [-0.05, 0) is 12.5 Å². The Morgan fingerprint density at radius 1 is 1.91 bits per heavy atom.